The number of nitrogens with zero attached hydrogens (tertiary/aromatic N) is 3. The summed E-state index contributed by atoms with van der Waals surface area (Å²) in [6, 6.07) is 29.8. The van der Waals surface area contributed by atoms with Crippen molar-refractivity contribution in [1.29, 1.82) is 0 Å². The first kappa shape index (κ1) is 29.8. The van der Waals surface area contributed by atoms with Gasteiger partial charge in [-0.15, -0.1) is 41.5 Å². The van der Waals surface area contributed by atoms with Gasteiger partial charge in [-0.1, -0.05) is 88.1 Å². The van der Waals surface area contributed by atoms with Gasteiger partial charge in [0.05, 0.1) is 17.6 Å². The summed E-state index contributed by atoms with van der Waals surface area (Å²) in [5, 5.41) is 0. The molecule has 0 bridgehead atoms. The maximum Gasteiger partial charge on any atom is 3.00 e. The second-order valence-corrected chi connectivity index (χ2v) is 13.3. The molecule has 41 heavy (non-hydrogen) atoms. The number of hydrogen-bond donors (Lipinski definition) is 0. The van der Waals surface area contributed by atoms with Gasteiger partial charge in [-0.05, 0) is 40.6 Å². The molecule has 7 rings (SSSR count). The Morgan fingerprint density at radius 3 is 2.49 bits per heavy atom. The van der Waals surface area contributed by atoms with Gasteiger partial charge in [0.15, 0.2) is 0 Å². The minimum absolute atomic E-state index is 0. The second kappa shape index (κ2) is 11.9. The topological polar surface area (TPSA) is 21.7 Å². The van der Waals surface area contributed by atoms with Crippen LogP contribution in [0.5, 0.6) is 0 Å². The van der Waals surface area contributed by atoms with Crippen LogP contribution in [0.4, 0.5) is 0 Å². The number of fused-ring (bicyclic) bond motifs is 3. The maximum absolute atomic E-state index is 4.22. The van der Waals surface area contributed by atoms with E-state index in [1.807, 2.05) is 54.2 Å². The van der Waals surface area contributed by atoms with Crippen molar-refractivity contribution in [1.82, 2.24) is 9.55 Å². The number of hydrogen-bond acceptors (Lipinski definition) is 2. The van der Waals surface area contributed by atoms with Gasteiger partial charge in [-0.3, -0.25) is 0 Å². The molecule has 0 spiro atoms. The second-order valence-electron chi connectivity index (χ2n) is 12.2. The average Bonchev–Trinajstić information content (AvgIpc) is 3.35. The molecule has 0 unspecified atom stereocenters. The molecular weight excluding hydrogens is 699 g/mol. The summed E-state index contributed by atoms with van der Waals surface area (Å²) < 4.78 is 4.59. The molecule has 3 nitrogen and oxygen atoms in total. The minimum atomic E-state index is 0. The summed E-state index contributed by atoms with van der Waals surface area (Å²) in [5.74, 6) is 0. The number of aryl methyl sites for hydroxylation is 1. The van der Waals surface area contributed by atoms with E-state index in [0.29, 0.717) is 0 Å². The van der Waals surface area contributed by atoms with Gasteiger partial charge in [0.2, 0.25) is 6.33 Å². The molecule has 1 aliphatic heterocycles. The number of pyridine rings is 1. The van der Waals surface area contributed by atoms with Crippen LogP contribution >= 0.6 is 11.8 Å². The first-order valence-corrected chi connectivity index (χ1v) is 15.2. The zero-order valence-corrected chi connectivity index (χ0v) is 27.8. The Bertz CT molecular complexity index is 1620. The third kappa shape index (κ3) is 5.69. The molecule has 3 heterocycles. The van der Waals surface area contributed by atoms with Crippen LogP contribution in [0.25, 0.3) is 28.0 Å². The predicted molar refractivity (Wildman–Crippen MR) is 164 cm³/mol. The van der Waals surface area contributed by atoms with Crippen LogP contribution < -0.4 is 4.57 Å². The zero-order chi connectivity index (χ0) is 27.9. The number of para-hydroxylation sites is 1. The molecule has 2 aromatic heterocycles. The van der Waals surface area contributed by atoms with E-state index in [0.717, 1.165) is 17.8 Å². The standard InChI is InChI=1S/C25H29N2S.C11H8N.Ir/c1-6-7-13-26-16-27-20-14-17-18(25(4,5)12-11-24(17,2)3)15-22(20)28-21-10-8-9-19(26)23(21)27;1-2-6-10(7-3-1)11-8-4-5-9-12-11;/h8-10,15H,6-7,11-13H2,1-5H3;1-6,8-9H;/q2*-1;+3. The van der Waals surface area contributed by atoms with E-state index in [-0.39, 0.29) is 30.9 Å². The zero-order valence-electron chi connectivity index (χ0n) is 24.5. The van der Waals surface area contributed by atoms with Crippen LogP contribution in [0.15, 0.2) is 82.7 Å². The quantitative estimate of drug-likeness (QED) is 0.134. The smallest absolute Gasteiger partial charge is 0.340 e. The van der Waals surface area contributed by atoms with Gasteiger partial charge >= 0.3 is 20.1 Å². The van der Waals surface area contributed by atoms with Gasteiger partial charge in [0, 0.05) is 6.20 Å². The van der Waals surface area contributed by atoms with Crippen LogP contribution in [0.1, 0.15) is 71.4 Å². The van der Waals surface area contributed by atoms with E-state index in [2.05, 4.69) is 91.5 Å². The average molecular weight is 736 g/mol. The minimum Gasteiger partial charge on any atom is -0.340 e. The summed E-state index contributed by atoms with van der Waals surface area (Å²) in [4.78, 5) is 6.87. The molecule has 0 atom stereocenters. The van der Waals surface area contributed by atoms with Gasteiger partial charge in [0.25, 0.3) is 0 Å². The fourth-order valence-electron chi connectivity index (χ4n) is 5.82. The molecule has 210 valence electrons. The molecule has 3 aromatic carbocycles. The Balaban J connectivity index is 0.000000218. The molecule has 5 heteroatoms. The number of aromatic nitrogens is 3. The van der Waals surface area contributed by atoms with Crippen molar-refractivity contribution in [3.8, 4) is 16.9 Å². The van der Waals surface area contributed by atoms with E-state index in [9.17, 15) is 0 Å². The van der Waals surface area contributed by atoms with E-state index in [1.165, 1.54) is 63.3 Å². The fraction of sp³-hybridized carbons (Fsp3) is 0.333. The fourth-order valence-corrected chi connectivity index (χ4v) is 6.91. The molecule has 5 aromatic rings. The van der Waals surface area contributed by atoms with Gasteiger partial charge in [0.1, 0.15) is 0 Å². The number of benzene rings is 3. The SMILES string of the molecule is CCCCn1[c-][n+]2c3c(cccc31)Sc1cc3c([c-]c1-2)C(C)(C)CCC3(C)C.[Ir+3].[c-]1ccccc1-c1ccccn1. The molecule has 0 saturated carbocycles. The Morgan fingerprint density at radius 2 is 1.76 bits per heavy atom. The van der Waals surface area contributed by atoms with E-state index < -0.39 is 0 Å². The normalized spacial score (nSPS) is 15.6. The Hall–Kier alpha value is -2.72. The van der Waals surface area contributed by atoms with Gasteiger partial charge < -0.3 is 14.1 Å². The van der Waals surface area contributed by atoms with Gasteiger partial charge in [-0.25, -0.2) is 0 Å². The van der Waals surface area contributed by atoms with Crippen molar-refractivity contribution in [3.63, 3.8) is 0 Å². The van der Waals surface area contributed by atoms with E-state index >= 15 is 0 Å². The molecule has 0 fully saturated rings. The Labute approximate surface area is 262 Å². The van der Waals surface area contributed by atoms with Crippen molar-refractivity contribution in [2.24, 2.45) is 0 Å². The van der Waals surface area contributed by atoms with Crippen LogP contribution in [0.2, 0.25) is 0 Å². The first-order valence-electron chi connectivity index (χ1n) is 14.4. The summed E-state index contributed by atoms with van der Waals surface area (Å²) in [5.41, 5.74) is 9.05. The summed E-state index contributed by atoms with van der Waals surface area (Å²) in [6.07, 6.45) is 10.3. The van der Waals surface area contributed by atoms with Crippen molar-refractivity contribution in [2.75, 3.05) is 0 Å². The molecule has 0 radical (unpaired) electrons. The predicted octanol–water partition coefficient (Wildman–Crippen LogP) is 8.68. The third-order valence-electron chi connectivity index (χ3n) is 8.34. The van der Waals surface area contributed by atoms with Gasteiger partial charge in [-0.2, -0.15) is 29.5 Å². The largest absolute Gasteiger partial charge is 3.00 e. The Kier molecular flexibility index (Phi) is 8.62. The van der Waals surface area contributed by atoms with Crippen molar-refractivity contribution in [3.05, 3.63) is 103 Å². The molecule has 1 aliphatic carbocycles. The molecule has 0 N–H and O–H groups in total. The first-order chi connectivity index (χ1) is 19.3. The summed E-state index contributed by atoms with van der Waals surface area (Å²) >= 11 is 1.90. The van der Waals surface area contributed by atoms with Crippen LogP contribution in [-0.2, 0) is 37.5 Å². The third-order valence-corrected chi connectivity index (χ3v) is 9.42. The number of rotatable bonds is 4. The van der Waals surface area contributed by atoms with Crippen LogP contribution in [0, 0.1) is 18.5 Å². The van der Waals surface area contributed by atoms with Crippen molar-refractivity contribution >= 4 is 22.8 Å². The molecular formula is C36H37IrN3S+. The van der Waals surface area contributed by atoms with Crippen molar-refractivity contribution in [2.45, 2.75) is 87.5 Å². The molecule has 0 amide bonds. The van der Waals surface area contributed by atoms with Crippen LogP contribution in [0.3, 0.4) is 0 Å². The summed E-state index contributed by atoms with van der Waals surface area (Å²) in [7, 11) is 0. The monoisotopic (exact) mass is 736 g/mol. The van der Waals surface area contributed by atoms with Crippen LogP contribution in [-0.4, -0.2) is 9.55 Å². The Morgan fingerprint density at radius 1 is 0.951 bits per heavy atom. The molecule has 2 aliphatic rings. The number of imidazole rings is 1. The van der Waals surface area contributed by atoms with E-state index in [1.54, 1.807) is 6.20 Å². The van der Waals surface area contributed by atoms with E-state index in [4.69, 9.17) is 0 Å². The van der Waals surface area contributed by atoms with Crippen molar-refractivity contribution < 1.29 is 24.7 Å². The maximum atomic E-state index is 4.22. The number of unbranched alkanes of at least 4 members (excludes halogenated alkanes) is 1. The summed E-state index contributed by atoms with van der Waals surface area (Å²) in [6.45, 7) is 12.8. The molecule has 0 saturated heterocycles.